The van der Waals surface area contributed by atoms with Crippen LogP contribution in [0, 0.1) is 6.92 Å². The maximum absolute atomic E-state index is 5.87. The van der Waals surface area contributed by atoms with Crippen molar-refractivity contribution in [2.45, 2.75) is 52.1 Å². The summed E-state index contributed by atoms with van der Waals surface area (Å²) in [5, 5.41) is 0. The van der Waals surface area contributed by atoms with Gasteiger partial charge in [-0.3, -0.25) is 0 Å². The van der Waals surface area contributed by atoms with Crippen LogP contribution < -0.4 is 16.0 Å². The molecule has 0 aromatic carbocycles. The smallest absolute Gasteiger partial charge is 0.222 e. The van der Waals surface area contributed by atoms with Crippen molar-refractivity contribution in [3.05, 3.63) is 11.4 Å². The zero-order valence-corrected chi connectivity index (χ0v) is 10.7. The van der Waals surface area contributed by atoms with Gasteiger partial charge in [-0.05, 0) is 26.2 Å². The average Bonchev–Trinajstić information content (AvgIpc) is 2.24. The second-order valence-electron chi connectivity index (χ2n) is 4.83. The lowest BCUT2D eigenvalue weighted by atomic mass is 9.96. The quantitative estimate of drug-likeness (QED) is 0.619. The molecule has 0 spiro atoms. The van der Waals surface area contributed by atoms with Gasteiger partial charge >= 0.3 is 0 Å². The SMILES string of the molecule is Cc1c(NN)nc(C(C)C)nc1OC1CCC1. The number of nitrogens with one attached hydrogen (secondary N) is 1. The molecule has 0 aliphatic heterocycles. The zero-order valence-electron chi connectivity index (χ0n) is 10.7. The highest BCUT2D eigenvalue weighted by molar-refractivity contribution is 5.47. The second kappa shape index (κ2) is 4.87. The van der Waals surface area contributed by atoms with Gasteiger partial charge in [-0.15, -0.1) is 0 Å². The maximum atomic E-state index is 5.87. The Morgan fingerprint density at radius 2 is 2.06 bits per heavy atom. The fourth-order valence-corrected chi connectivity index (χ4v) is 1.67. The zero-order chi connectivity index (χ0) is 12.4. The molecule has 0 atom stereocenters. The molecular weight excluding hydrogens is 216 g/mol. The van der Waals surface area contributed by atoms with Gasteiger partial charge in [-0.25, -0.2) is 10.8 Å². The summed E-state index contributed by atoms with van der Waals surface area (Å²) in [6.07, 6.45) is 3.79. The van der Waals surface area contributed by atoms with E-state index in [0.29, 0.717) is 17.8 Å². The van der Waals surface area contributed by atoms with E-state index in [4.69, 9.17) is 10.6 Å². The molecule has 1 saturated carbocycles. The number of hydrogen-bond acceptors (Lipinski definition) is 5. The largest absolute Gasteiger partial charge is 0.474 e. The lowest BCUT2D eigenvalue weighted by Gasteiger charge is -2.27. The van der Waals surface area contributed by atoms with Gasteiger partial charge in [0.1, 0.15) is 17.7 Å². The number of rotatable bonds is 4. The van der Waals surface area contributed by atoms with E-state index in [1.165, 1.54) is 6.42 Å². The first-order valence-electron chi connectivity index (χ1n) is 6.13. The second-order valence-corrected chi connectivity index (χ2v) is 4.83. The van der Waals surface area contributed by atoms with Crippen molar-refractivity contribution in [3.8, 4) is 5.88 Å². The minimum atomic E-state index is 0.256. The Kier molecular flexibility index (Phi) is 3.47. The first kappa shape index (κ1) is 12.1. The van der Waals surface area contributed by atoms with Crippen LogP contribution in [-0.2, 0) is 0 Å². The Morgan fingerprint density at radius 1 is 1.35 bits per heavy atom. The Labute approximate surface area is 102 Å². The molecule has 17 heavy (non-hydrogen) atoms. The number of nitrogens with two attached hydrogens (primary N) is 1. The Morgan fingerprint density at radius 3 is 2.53 bits per heavy atom. The van der Waals surface area contributed by atoms with Crippen LogP contribution in [0.2, 0.25) is 0 Å². The van der Waals surface area contributed by atoms with Crippen molar-refractivity contribution in [1.29, 1.82) is 0 Å². The third-order valence-corrected chi connectivity index (χ3v) is 3.10. The number of ether oxygens (including phenoxy) is 1. The molecule has 0 amide bonds. The highest BCUT2D eigenvalue weighted by Crippen LogP contribution is 2.29. The molecule has 2 rings (SSSR count). The molecule has 0 saturated heterocycles. The molecule has 0 unspecified atom stereocenters. The monoisotopic (exact) mass is 236 g/mol. The summed E-state index contributed by atoms with van der Waals surface area (Å²) in [5.41, 5.74) is 3.49. The van der Waals surface area contributed by atoms with E-state index in [0.717, 1.165) is 24.2 Å². The molecule has 1 aromatic rings. The van der Waals surface area contributed by atoms with Crippen LogP contribution in [0.25, 0.3) is 0 Å². The van der Waals surface area contributed by atoms with Crippen LogP contribution >= 0.6 is 0 Å². The summed E-state index contributed by atoms with van der Waals surface area (Å²) in [5.74, 6) is 7.81. The first-order chi connectivity index (χ1) is 8.11. The van der Waals surface area contributed by atoms with Crippen molar-refractivity contribution in [2.24, 2.45) is 5.84 Å². The number of hydrogen-bond donors (Lipinski definition) is 2. The van der Waals surface area contributed by atoms with Crippen LogP contribution in [0.1, 0.15) is 50.4 Å². The molecule has 0 bridgehead atoms. The summed E-state index contributed by atoms with van der Waals surface area (Å²) in [4.78, 5) is 8.85. The number of hydrazine groups is 1. The van der Waals surface area contributed by atoms with Gasteiger partial charge in [0.2, 0.25) is 5.88 Å². The molecule has 5 nitrogen and oxygen atoms in total. The van der Waals surface area contributed by atoms with E-state index in [1.807, 2.05) is 6.92 Å². The van der Waals surface area contributed by atoms with E-state index >= 15 is 0 Å². The van der Waals surface area contributed by atoms with Crippen molar-refractivity contribution < 1.29 is 4.74 Å². The van der Waals surface area contributed by atoms with Gasteiger partial charge in [0, 0.05) is 5.92 Å². The molecule has 1 aliphatic rings. The summed E-state index contributed by atoms with van der Waals surface area (Å²) in [6, 6.07) is 0. The molecule has 3 N–H and O–H groups in total. The lowest BCUT2D eigenvalue weighted by Crippen LogP contribution is -2.26. The van der Waals surface area contributed by atoms with Gasteiger partial charge < -0.3 is 10.2 Å². The van der Waals surface area contributed by atoms with Crippen LogP contribution in [0.5, 0.6) is 5.88 Å². The van der Waals surface area contributed by atoms with Gasteiger partial charge in [-0.2, -0.15) is 4.98 Å². The number of anilines is 1. The normalized spacial score (nSPS) is 15.8. The van der Waals surface area contributed by atoms with E-state index in [1.54, 1.807) is 0 Å². The van der Waals surface area contributed by atoms with E-state index in [-0.39, 0.29) is 5.92 Å². The predicted molar refractivity (Wildman–Crippen MR) is 66.9 cm³/mol. The Hall–Kier alpha value is -1.36. The van der Waals surface area contributed by atoms with Crippen molar-refractivity contribution in [1.82, 2.24) is 9.97 Å². The third kappa shape index (κ3) is 2.49. The first-order valence-corrected chi connectivity index (χ1v) is 6.13. The lowest BCUT2D eigenvalue weighted by molar-refractivity contribution is 0.113. The van der Waals surface area contributed by atoms with Crippen molar-refractivity contribution in [3.63, 3.8) is 0 Å². The van der Waals surface area contributed by atoms with Crippen molar-refractivity contribution in [2.75, 3.05) is 5.43 Å². The molecule has 94 valence electrons. The minimum Gasteiger partial charge on any atom is -0.474 e. The summed E-state index contributed by atoms with van der Waals surface area (Å²) in [6.45, 7) is 6.03. The summed E-state index contributed by atoms with van der Waals surface area (Å²) in [7, 11) is 0. The minimum absolute atomic E-state index is 0.256. The average molecular weight is 236 g/mol. The number of nitrogen functional groups attached to an aromatic ring is 1. The third-order valence-electron chi connectivity index (χ3n) is 3.10. The molecule has 1 aromatic heterocycles. The van der Waals surface area contributed by atoms with Gasteiger partial charge in [0.15, 0.2) is 0 Å². The van der Waals surface area contributed by atoms with Crippen LogP contribution in [-0.4, -0.2) is 16.1 Å². The summed E-state index contributed by atoms with van der Waals surface area (Å²) >= 11 is 0. The topological polar surface area (TPSA) is 73.1 Å². The van der Waals surface area contributed by atoms with Gasteiger partial charge in [0.25, 0.3) is 0 Å². The molecular formula is C12H20N4O. The summed E-state index contributed by atoms with van der Waals surface area (Å²) < 4.78 is 5.87. The highest BCUT2D eigenvalue weighted by atomic mass is 16.5. The van der Waals surface area contributed by atoms with Crippen molar-refractivity contribution >= 4 is 5.82 Å². The number of aromatic nitrogens is 2. The molecule has 1 fully saturated rings. The van der Waals surface area contributed by atoms with E-state index in [9.17, 15) is 0 Å². The molecule has 1 aliphatic carbocycles. The fourth-order valence-electron chi connectivity index (χ4n) is 1.67. The van der Waals surface area contributed by atoms with Crippen LogP contribution in [0.15, 0.2) is 0 Å². The Bertz CT molecular complexity index is 402. The van der Waals surface area contributed by atoms with E-state index < -0.39 is 0 Å². The standard InChI is InChI=1S/C12H20N4O/c1-7(2)10-14-11(16-13)8(3)12(15-10)17-9-5-4-6-9/h7,9H,4-6,13H2,1-3H3,(H,14,15,16). The van der Waals surface area contributed by atoms with Gasteiger partial charge in [-0.1, -0.05) is 13.8 Å². The number of nitrogens with zero attached hydrogens (tertiary/aromatic N) is 2. The predicted octanol–water partition coefficient (Wildman–Crippen LogP) is 2.13. The van der Waals surface area contributed by atoms with Crippen LogP contribution in [0.4, 0.5) is 5.82 Å². The Balaban J connectivity index is 2.30. The molecule has 1 heterocycles. The fraction of sp³-hybridized carbons (Fsp3) is 0.667. The van der Waals surface area contributed by atoms with E-state index in [2.05, 4.69) is 29.2 Å². The highest BCUT2D eigenvalue weighted by Gasteiger charge is 2.22. The molecule has 5 heteroatoms. The molecule has 0 radical (unpaired) electrons. The maximum Gasteiger partial charge on any atom is 0.222 e. The van der Waals surface area contributed by atoms with Gasteiger partial charge in [0.05, 0.1) is 5.56 Å². The van der Waals surface area contributed by atoms with Crippen LogP contribution in [0.3, 0.4) is 0 Å².